The molecule has 4 aromatic rings. The zero-order chi connectivity index (χ0) is 19.5. The van der Waals surface area contributed by atoms with E-state index >= 15 is 0 Å². The summed E-state index contributed by atoms with van der Waals surface area (Å²) in [5.41, 5.74) is 3.46. The maximum absolute atomic E-state index is 11.3. The second kappa shape index (κ2) is 7.85. The van der Waals surface area contributed by atoms with Crippen molar-refractivity contribution < 1.29 is 13.9 Å². The molecule has 0 saturated carbocycles. The van der Waals surface area contributed by atoms with Gasteiger partial charge in [-0.25, -0.2) is 9.97 Å². The van der Waals surface area contributed by atoms with Crippen LogP contribution < -0.4 is 10.1 Å². The van der Waals surface area contributed by atoms with Crippen LogP contribution in [-0.2, 0) is 11.3 Å². The van der Waals surface area contributed by atoms with Crippen molar-refractivity contribution in [3.8, 4) is 17.3 Å². The fourth-order valence-electron chi connectivity index (χ4n) is 2.63. The molecule has 0 aliphatic carbocycles. The first-order chi connectivity index (χ1) is 13.6. The van der Waals surface area contributed by atoms with E-state index in [0.717, 1.165) is 32.7 Å². The van der Waals surface area contributed by atoms with Crippen molar-refractivity contribution in [2.24, 2.45) is 0 Å². The van der Waals surface area contributed by atoms with Crippen molar-refractivity contribution in [2.75, 3.05) is 5.32 Å². The van der Waals surface area contributed by atoms with E-state index in [-0.39, 0.29) is 11.9 Å². The van der Waals surface area contributed by atoms with Gasteiger partial charge in [-0.2, -0.15) is 0 Å². The molecule has 7 nitrogen and oxygen atoms in total. The van der Waals surface area contributed by atoms with Crippen molar-refractivity contribution in [3.63, 3.8) is 0 Å². The molecule has 142 valence electrons. The van der Waals surface area contributed by atoms with Gasteiger partial charge < -0.3 is 19.5 Å². The lowest BCUT2D eigenvalue weighted by Gasteiger charge is -2.05. The Morgan fingerprint density at radius 3 is 2.86 bits per heavy atom. The Labute approximate surface area is 169 Å². The Balaban J connectivity index is 1.41. The van der Waals surface area contributed by atoms with E-state index < -0.39 is 0 Å². The van der Waals surface area contributed by atoms with Gasteiger partial charge in [-0.1, -0.05) is 6.92 Å². The van der Waals surface area contributed by atoms with E-state index in [2.05, 4.69) is 36.2 Å². The van der Waals surface area contributed by atoms with Crippen molar-refractivity contribution in [1.29, 1.82) is 0 Å². The third-order valence-corrected chi connectivity index (χ3v) is 4.50. The average molecular weight is 441 g/mol. The zero-order valence-corrected chi connectivity index (χ0v) is 16.6. The first-order valence-corrected chi connectivity index (χ1v) is 9.55. The molecule has 28 heavy (non-hydrogen) atoms. The number of H-pyrrole nitrogens is 1. The van der Waals surface area contributed by atoms with E-state index in [4.69, 9.17) is 9.15 Å². The Hall–Kier alpha value is -3.13. The van der Waals surface area contributed by atoms with Crippen LogP contribution in [-0.4, -0.2) is 20.9 Å². The summed E-state index contributed by atoms with van der Waals surface area (Å²) in [7, 11) is 0. The number of hydrogen-bond acceptors (Lipinski definition) is 6. The molecule has 4 rings (SSSR count). The summed E-state index contributed by atoms with van der Waals surface area (Å²) in [6.45, 7) is 2.21. The summed E-state index contributed by atoms with van der Waals surface area (Å²) in [5.74, 6) is 1.33. The van der Waals surface area contributed by atoms with E-state index in [0.29, 0.717) is 18.7 Å². The third kappa shape index (κ3) is 4.07. The van der Waals surface area contributed by atoms with Gasteiger partial charge in [0.2, 0.25) is 0 Å². The smallest absolute Gasteiger partial charge is 0.313 e. The molecule has 2 N–H and O–H groups in total. The number of pyridine rings is 1. The number of halogens is 1. The normalized spacial score (nSPS) is 10.9. The van der Waals surface area contributed by atoms with Crippen LogP contribution in [0, 0.1) is 0 Å². The van der Waals surface area contributed by atoms with Crippen LogP contribution in [0.5, 0.6) is 5.95 Å². The molecule has 0 saturated heterocycles. The van der Waals surface area contributed by atoms with Gasteiger partial charge in [-0.15, -0.1) is 0 Å². The molecule has 1 aromatic carbocycles. The topological polar surface area (TPSA) is 93.0 Å². The van der Waals surface area contributed by atoms with Gasteiger partial charge in [0.05, 0.1) is 6.54 Å². The third-order valence-electron chi connectivity index (χ3n) is 4.07. The molecule has 0 aliphatic heterocycles. The molecule has 0 unspecified atom stereocenters. The number of benzene rings is 1. The second-order valence-corrected chi connectivity index (χ2v) is 7.00. The molecule has 8 heteroatoms. The first kappa shape index (κ1) is 18.2. The van der Waals surface area contributed by atoms with Crippen LogP contribution in [0.1, 0.15) is 19.1 Å². The van der Waals surface area contributed by atoms with Gasteiger partial charge in [-0.3, -0.25) is 4.79 Å². The van der Waals surface area contributed by atoms with Crippen LogP contribution in [0.25, 0.3) is 22.6 Å². The lowest BCUT2D eigenvalue weighted by molar-refractivity contribution is -0.135. The van der Waals surface area contributed by atoms with Gasteiger partial charge in [0.15, 0.2) is 5.65 Å². The van der Waals surface area contributed by atoms with E-state index in [9.17, 15) is 4.79 Å². The lowest BCUT2D eigenvalue weighted by atomic mass is 10.2. The number of furan rings is 1. The van der Waals surface area contributed by atoms with Crippen LogP contribution in [0.2, 0.25) is 0 Å². The maximum atomic E-state index is 11.3. The number of rotatable bonds is 6. The summed E-state index contributed by atoms with van der Waals surface area (Å²) in [5, 5.41) is 3.27. The monoisotopic (exact) mass is 440 g/mol. The fourth-order valence-corrected chi connectivity index (χ4v) is 2.95. The van der Waals surface area contributed by atoms with E-state index in [1.54, 1.807) is 25.3 Å². The maximum Gasteiger partial charge on any atom is 0.313 e. The molecule has 0 atom stereocenters. The number of nitrogens with one attached hydrogen (secondary N) is 2. The quantitative estimate of drug-likeness (QED) is 0.413. The highest BCUT2D eigenvalue weighted by molar-refractivity contribution is 9.10. The number of aromatic nitrogens is 3. The summed E-state index contributed by atoms with van der Waals surface area (Å²) < 4.78 is 11.4. The Morgan fingerprint density at radius 2 is 2.07 bits per heavy atom. The first-order valence-electron chi connectivity index (χ1n) is 8.75. The molecule has 0 bridgehead atoms. The number of fused-ring (bicyclic) bond motifs is 1. The highest BCUT2D eigenvalue weighted by Crippen LogP contribution is 2.23. The van der Waals surface area contributed by atoms with Crippen LogP contribution in [0.3, 0.4) is 0 Å². The number of ether oxygens (including phenoxy) is 1. The van der Waals surface area contributed by atoms with Crippen molar-refractivity contribution in [1.82, 2.24) is 15.0 Å². The number of anilines is 1. The zero-order valence-electron chi connectivity index (χ0n) is 15.0. The van der Waals surface area contributed by atoms with E-state index in [1.165, 1.54) is 0 Å². The molecule has 0 aliphatic rings. The fraction of sp³-hybridized carbons (Fsp3) is 0.150. The lowest BCUT2D eigenvalue weighted by Crippen LogP contribution is -2.04. The number of aromatic amines is 1. The molecule has 0 radical (unpaired) electrons. The number of imidazole rings is 1. The largest absolute Gasteiger partial charge is 0.429 e. The number of carbonyl (C=O) groups excluding carboxylic acids is 1. The molecule has 0 amide bonds. The molecule has 3 heterocycles. The standard InChI is InChI=1S/C20H17BrN4O3/c1-2-17(26)28-18-8-7-15(27-18)11-22-14-5-3-12(4-6-14)19-24-16-9-13(21)10-23-20(16)25-19/h3-10,22H,2,11H2,1H3,(H,23,24,25). The van der Waals surface area contributed by atoms with Gasteiger partial charge >= 0.3 is 5.97 Å². The van der Waals surface area contributed by atoms with Crippen LogP contribution >= 0.6 is 15.9 Å². The van der Waals surface area contributed by atoms with E-state index in [1.807, 2.05) is 30.3 Å². The average Bonchev–Trinajstić information content (AvgIpc) is 3.33. The SMILES string of the molecule is CCC(=O)Oc1ccc(CNc2ccc(-c3nc4cc(Br)cnc4[nH]3)cc2)o1. The number of esters is 1. The van der Waals surface area contributed by atoms with Crippen molar-refractivity contribution >= 4 is 38.8 Å². The summed E-state index contributed by atoms with van der Waals surface area (Å²) in [6, 6.07) is 13.2. The van der Waals surface area contributed by atoms with Gasteiger partial charge in [0.1, 0.15) is 17.1 Å². The summed E-state index contributed by atoms with van der Waals surface area (Å²) >= 11 is 3.40. The Bertz CT molecular complexity index is 1120. The minimum atomic E-state index is -0.322. The Kier molecular flexibility index (Phi) is 5.12. The predicted molar refractivity (Wildman–Crippen MR) is 109 cm³/mol. The number of carbonyl (C=O) groups is 1. The highest BCUT2D eigenvalue weighted by atomic mass is 79.9. The van der Waals surface area contributed by atoms with Crippen molar-refractivity contribution in [3.05, 3.63) is 58.9 Å². The molecular weight excluding hydrogens is 424 g/mol. The summed E-state index contributed by atoms with van der Waals surface area (Å²) in [4.78, 5) is 23.4. The van der Waals surface area contributed by atoms with Gasteiger partial charge in [0, 0.05) is 34.4 Å². The Morgan fingerprint density at radius 1 is 1.25 bits per heavy atom. The minimum absolute atomic E-state index is 0.212. The highest BCUT2D eigenvalue weighted by Gasteiger charge is 2.09. The van der Waals surface area contributed by atoms with Gasteiger partial charge in [0.25, 0.3) is 5.95 Å². The van der Waals surface area contributed by atoms with Crippen LogP contribution in [0.4, 0.5) is 5.69 Å². The number of nitrogens with zero attached hydrogens (tertiary/aromatic N) is 2. The minimum Gasteiger partial charge on any atom is -0.429 e. The second-order valence-electron chi connectivity index (χ2n) is 6.09. The molecule has 3 aromatic heterocycles. The number of hydrogen-bond donors (Lipinski definition) is 2. The molecule has 0 spiro atoms. The van der Waals surface area contributed by atoms with Crippen molar-refractivity contribution in [2.45, 2.75) is 19.9 Å². The summed E-state index contributed by atoms with van der Waals surface area (Å²) in [6.07, 6.45) is 2.04. The van der Waals surface area contributed by atoms with Crippen LogP contribution in [0.15, 0.2) is 57.6 Å². The predicted octanol–water partition coefficient (Wildman–Crippen LogP) is 4.91. The molecular formula is C20H17BrN4O3. The van der Waals surface area contributed by atoms with Gasteiger partial charge in [-0.05, 0) is 52.3 Å². The molecule has 0 fully saturated rings.